The molecule has 2 amide bonds. The average Bonchev–Trinajstić information content (AvgIpc) is 2.90. The van der Waals surface area contributed by atoms with Gasteiger partial charge in [0.25, 0.3) is 11.8 Å². The van der Waals surface area contributed by atoms with Crippen molar-refractivity contribution in [2.24, 2.45) is 10.2 Å². The first-order valence-electron chi connectivity index (χ1n) is 8.56. The van der Waals surface area contributed by atoms with E-state index in [1.54, 1.807) is 19.1 Å². The maximum absolute atomic E-state index is 12.3. The Morgan fingerprint density at radius 1 is 1.00 bits per heavy atom. The second kappa shape index (κ2) is 7.48. The van der Waals surface area contributed by atoms with Crippen LogP contribution in [0.5, 0.6) is 11.8 Å². The molecule has 0 bridgehead atoms. The van der Waals surface area contributed by atoms with Gasteiger partial charge in [-0.05, 0) is 43.7 Å². The lowest BCUT2D eigenvalue weighted by molar-refractivity contribution is 0.0946. The first-order chi connectivity index (χ1) is 13.3. The third-order valence-corrected chi connectivity index (χ3v) is 4.42. The van der Waals surface area contributed by atoms with Crippen LogP contribution in [0.15, 0.2) is 59.3 Å². The monoisotopic (exact) mass is 377 g/mol. The fourth-order valence-electron chi connectivity index (χ4n) is 3.01. The number of aromatic nitrogens is 1. The molecule has 0 aliphatic heterocycles. The number of azo groups is 1. The zero-order valence-corrected chi connectivity index (χ0v) is 15.5. The highest BCUT2D eigenvalue weighted by Crippen LogP contribution is 2.36. The molecule has 3 rings (SSSR count). The van der Waals surface area contributed by atoms with Gasteiger partial charge < -0.3 is 10.2 Å². The lowest BCUT2D eigenvalue weighted by Gasteiger charge is -2.01. The summed E-state index contributed by atoms with van der Waals surface area (Å²) in [6, 6.07) is 9.62. The molecule has 142 valence electrons. The van der Waals surface area contributed by atoms with Gasteiger partial charge in [-0.3, -0.25) is 14.2 Å². The molecule has 7 nitrogen and oxygen atoms in total. The van der Waals surface area contributed by atoms with Gasteiger partial charge in [-0.1, -0.05) is 23.8 Å². The fraction of sp³-hybridized carbons (Fsp3) is 0.143. The molecule has 0 saturated carbocycles. The van der Waals surface area contributed by atoms with Gasteiger partial charge in [0.2, 0.25) is 11.8 Å². The summed E-state index contributed by atoms with van der Waals surface area (Å²) in [5.41, 5.74) is 2.28. The van der Waals surface area contributed by atoms with Crippen LogP contribution < -0.4 is 0 Å². The second-order valence-electron chi connectivity index (χ2n) is 6.44. The van der Waals surface area contributed by atoms with E-state index in [-0.39, 0.29) is 23.9 Å². The Bertz CT molecular complexity index is 1140. The average molecular weight is 377 g/mol. The lowest BCUT2D eigenvalue weighted by Crippen LogP contribution is -2.00. The molecule has 7 heteroatoms. The normalized spacial score (nSPS) is 11.2. The Hall–Kier alpha value is -3.74. The number of nitrogens with zero attached hydrogens (tertiary/aromatic N) is 3. The van der Waals surface area contributed by atoms with E-state index >= 15 is 0 Å². The van der Waals surface area contributed by atoms with Crippen LogP contribution in [0.2, 0.25) is 0 Å². The van der Waals surface area contributed by atoms with E-state index in [2.05, 4.69) is 16.8 Å². The van der Waals surface area contributed by atoms with Crippen LogP contribution in [-0.4, -0.2) is 26.6 Å². The van der Waals surface area contributed by atoms with Gasteiger partial charge in [0.15, 0.2) is 0 Å². The molecule has 0 atom stereocenters. The molecule has 0 aliphatic rings. The standard InChI is InChI=1S/C21H19N3O4/c1-4-9-24-20(27)16-8-6-14(11-17(16)21(24)28)18(25)22-23-19(26)15-7-5-12(2)10-13(15)3/h4-8,10-11,27-28H,1,9H2,2-3H3. The summed E-state index contributed by atoms with van der Waals surface area (Å²) in [4.78, 5) is 24.5. The van der Waals surface area contributed by atoms with Crippen molar-refractivity contribution in [1.82, 2.24) is 4.57 Å². The third kappa shape index (κ3) is 3.42. The summed E-state index contributed by atoms with van der Waals surface area (Å²) in [6.07, 6.45) is 1.53. The second-order valence-corrected chi connectivity index (χ2v) is 6.44. The van der Waals surface area contributed by atoms with Gasteiger partial charge in [0.1, 0.15) is 0 Å². The Kier molecular flexibility index (Phi) is 5.08. The van der Waals surface area contributed by atoms with Crippen molar-refractivity contribution in [1.29, 1.82) is 0 Å². The number of amides is 2. The van der Waals surface area contributed by atoms with Crippen LogP contribution in [-0.2, 0) is 6.54 Å². The van der Waals surface area contributed by atoms with Crippen molar-refractivity contribution in [2.45, 2.75) is 20.4 Å². The fourth-order valence-corrected chi connectivity index (χ4v) is 3.01. The number of fused-ring (bicyclic) bond motifs is 1. The first-order valence-corrected chi connectivity index (χ1v) is 8.56. The quantitative estimate of drug-likeness (QED) is 0.523. The number of allylic oxidation sites excluding steroid dienone is 1. The van der Waals surface area contributed by atoms with E-state index in [0.717, 1.165) is 11.1 Å². The number of aryl methyl sites for hydroxylation is 2. The summed E-state index contributed by atoms with van der Waals surface area (Å²) in [7, 11) is 0. The zero-order chi connectivity index (χ0) is 20.4. The zero-order valence-electron chi connectivity index (χ0n) is 15.5. The van der Waals surface area contributed by atoms with Gasteiger partial charge in [0, 0.05) is 28.4 Å². The lowest BCUT2D eigenvalue weighted by atomic mass is 10.1. The van der Waals surface area contributed by atoms with Crippen molar-refractivity contribution in [3.8, 4) is 11.8 Å². The highest BCUT2D eigenvalue weighted by Gasteiger charge is 2.17. The smallest absolute Gasteiger partial charge is 0.295 e. The van der Waals surface area contributed by atoms with Gasteiger partial charge in [-0.2, -0.15) is 0 Å². The van der Waals surface area contributed by atoms with E-state index in [4.69, 9.17) is 0 Å². The van der Waals surface area contributed by atoms with Crippen LogP contribution >= 0.6 is 0 Å². The molecule has 28 heavy (non-hydrogen) atoms. The predicted molar refractivity (Wildman–Crippen MR) is 105 cm³/mol. The van der Waals surface area contributed by atoms with Crippen LogP contribution in [0, 0.1) is 13.8 Å². The van der Waals surface area contributed by atoms with Gasteiger partial charge in [-0.25, -0.2) is 0 Å². The Labute approximate surface area is 161 Å². The minimum absolute atomic E-state index is 0.127. The number of benzene rings is 2. The third-order valence-electron chi connectivity index (χ3n) is 4.42. The summed E-state index contributed by atoms with van der Waals surface area (Å²) < 4.78 is 1.26. The highest BCUT2D eigenvalue weighted by molar-refractivity contribution is 6.03. The molecular formula is C21H19N3O4. The molecule has 0 saturated heterocycles. The van der Waals surface area contributed by atoms with Gasteiger partial charge >= 0.3 is 0 Å². The Morgan fingerprint density at radius 2 is 1.68 bits per heavy atom. The van der Waals surface area contributed by atoms with Crippen molar-refractivity contribution in [3.63, 3.8) is 0 Å². The van der Waals surface area contributed by atoms with Gasteiger partial charge in [-0.15, -0.1) is 16.8 Å². The minimum Gasteiger partial charge on any atom is -0.494 e. The van der Waals surface area contributed by atoms with Crippen molar-refractivity contribution in [2.75, 3.05) is 0 Å². The topological polar surface area (TPSA) is 104 Å². The summed E-state index contributed by atoms with van der Waals surface area (Å²) in [5.74, 6) is -1.65. The van der Waals surface area contributed by atoms with Crippen LogP contribution in [0.25, 0.3) is 10.8 Å². The number of hydrogen-bond donors (Lipinski definition) is 2. The van der Waals surface area contributed by atoms with E-state index < -0.39 is 11.8 Å². The SMILES string of the molecule is C=CCn1c(O)c2ccc(C(=O)N=NC(=O)c3ccc(C)cc3C)cc2c1O. The molecule has 1 aromatic heterocycles. The summed E-state index contributed by atoms with van der Waals surface area (Å²) in [5, 5.41) is 28.1. The molecular weight excluding hydrogens is 358 g/mol. The molecule has 0 fully saturated rings. The van der Waals surface area contributed by atoms with Crippen molar-refractivity contribution < 1.29 is 19.8 Å². The molecule has 1 heterocycles. The maximum atomic E-state index is 12.3. The maximum Gasteiger partial charge on any atom is 0.295 e. The molecule has 0 aliphatic carbocycles. The van der Waals surface area contributed by atoms with E-state index in [1.165, 1.54) is 28.8 Å². The van der Waals surface area contributed by atoms with E-state index in [1.807, 2.05) is 13.0 Å². The van der Waals surface area contributed by atoms with Crippen LogP contribution in [0.1, 0.15) is 31.8 Å². The molecule has 0 radical (unpaired) electrons. The molecule has 0 spiro atoms. The molecule has 2 aromatic carbocycles. The summed E-state index contributed by atoms with van der Waals surface area (Å²) in [6.45, 7) is 7.48. The van der Waals surface area contributed by atoms with Crippen LogP contribution in [0.4, 0.5) is 0 Å². The number of aromatic hydroxyl groups is 2. The van der Waals surface area contributed by atoms with Crippen molar-refractivity contribution >= 4 is 22.6 Å². The summed E-state index contributed by atoms with van der Waals surface area (Å²) >= 11 is 0. The molecule has 3 aromatic rings. The number of rotatable bonds is 4. The number of carbonyl (C=O) groups excluding carboxylic acids is 2. The highest BCUT2D eigenvalue weighted by atomic mass is 16.3. The van der Waals surface area contributed by atoms with Crippen molar-refractivity contribution in [3.05, 3.63) is 71.3 Å². The van der Waals surface area contributed by atoms with E-state index in [9.17, 15) is 19.8 Å². The first kappa shape index (κ1) is 19.0. The van der Waals surface area contributed by atoms with E-state index in [0.29, 0.717) is 16.3 Å². The molecule has 0 unspecified atom stereocenters. The molecule has 2 N–H and O–H groups in total. The Balaban J connectivity index is 1.89. The number of carbonyl (C=O) groups is 2. The predicted octanol–water partition coefficient (Wildman–Crippen LogP) is 4.29. The van der Waals surface area contributed by atoms with Crippen LogP contribution in [0.3, 0.4) is 0 Å². The largest absolute Gasteiger partial charge is 0.494 e. The number of hydrogen-bond acceptors (Lipinski definition) is 4. The van der Waals surface area contributed by atoms with Gasteiger partial charge in [0.05, 0.1) is 0 Å². The Morgan fingerprint density at radius 3 is 2.36 bits per heavy atom. The minimum atomic E-state index is -0.727.